The Kier molecular flexibility index (Phi) is 4.72. The number of rotatable bonds is 5. The molecule has 0 atom stereocenters. The van der Waals surface area contributed by atoms with Crippen LogP contribution < -0.4 is 11.0 Å². The third kappa shape index (κ3) is 3.29. The van der Waals surface area contributed by atoms with Crippen LogP contribution in [0.1, 0.15) is 5.56 Å². The molecule has 2 heterocycles. The Balaban J connectivity index is 1.64. The van der Waals surface area contributed by atoms with Crippen LogP contribution in [-0.2, 0) is 17.9 Å². The Morgan fingerprint density at radius 1 is 1.00 bits per heavy atom. The summed E-state index contributed by atoms with van der Waals surface area (Å²) in [6.07, 6.45) is 1.60. The second-order valence-corrected chi connectivity index (χ2v) is 6.25. The van der Waals surface area contributed by atoms with E-state index in [4.69, 9.17) is 0 Å². The number of nitrogens with one attached hydrogen (secondary N) is 1. The van der Waals surface area contributed by atoms with Crippen molar-refractivity contribution < 1.29 is 9.18 Å². The normalized spacial score (nSPS) is 10.9. The summed E-state index contributed by atoms with van der Waals surface area (Å²) in [5, 5.41) is 2.66. The van der Waals surface area contributed by atoms with Crippen molar-refractivity contribution in [2.75, 3.05) is 0 Å². The summed E-state index contributed by atoms with van der Waals surface area (Å²) in [6, 6.07) is 18.8. The van der Waals surface area contributed by atoms with E-state index in [0.29, 0.717) is 22.4 Å². The number of para-hydroxylation sites is 1. The van der Waals surface area contributed by atoms with Crippen molar-refractivity contribution in [3.8, 4) is 5.69 Å². The smallest absolute Gasteiger partial charge is 0.335 e. The van der Waals surface area contributed by atoms with E-state index in [-0.39, 0.29) is 30.5 Å². The molecule has 0 radical (unpaired) electrons. The van der Waals surface area contributed by atoms with E-state index in [0.717, 1.165) is 0 Å². The fourth-order valence-electron chi connectivity index (χ4n) is 3.08. The van der Waals surface area contributed by atoms with Crippen molar-refractivity contribution in [2.45, 2.75) is 13.1 Å². The van der Waals surface area contributed by atoms with Gasteiger partial charge in [0, 0.05) is 18.3 Å². The molecule has 140 valence electrons. The fraction of sp³-hybridized carbons (Fsp3) is 0.0952. The second-order valence-electron chi connectivity index (χ2n) is 6.25. The Morgan fingerprint density at radius 3 is 2.54 bits per heavy atom. The number of amides is 1. The zero-order chi connectivity index (χ0) is 19.5. The lowest BCUT2D eigenvalue weighted by molar-refractivity contribution is -0.121. The highest BCUT2D eigenvalue weighted by Gasteiger charge is 2.17. The molecule has 0 fully saturated rings. The van der Waals surface area contributed by atoms with Gasteiger partial charge in [0.15, 0.2) is 5.65 Å². The quantitative estimate of drug-likeness (QED) is 0.582. The minimum absolute atomic E-state index is 0.0514. The third-order valence-electron chi connectivity index (χ3n) is 4.44. The molecule has 1 N–H and O–H groups in total. The van der Waals surface area contributed by atoms with Crippen LogP contribution in [0.25, 0.3) is 16.9 Å². The number of nitrogens with zero attached hydrogens (tertiary/aromatic N) is 3. The van der Waals surface area contributed by atoms with Gasteiger partial charge in [-0.2, -0.15) is 0 Å². The highest BCUT2D eigenvalue weighted by atomic mass is 19.1. The number of carbonyl (C=O) groups is 1. The van der Waals surface area contributed by atoms with Crippen molar-refractivity contribution in [1.82, 2.24) is 19.4 Å². The Labute approximate surface area is 159 Å². The van der Waals surface area contributed by atoms with Crippen LogP contribution in [0.5, 0.6) is 0 Å². The number of hydrogen-bond acceptors (Lipinski definition) is 3. The van der Waals surface area contributed by atoms with Crippen LogP contribution in [-0.4, -0.2) is 20.0 Å². The van der Waals surface area contributed by atoms with Crippen molar-refractivity contribution >= 4 is 17.1 Å². The van der Waals surface area contributed by atoms with Crippen LogP contribution >= 0.6 is 0 Å². The molecule has 6 nitrogen and oxygen atoms in total. The lowest BCUT2D eigenvalue weighted by Crippen LogP contribution is -2.32. The molecule has 2 aromatic carbocycles. The largest absolute Gasteiger partial charge is 0.350 e. The van der Waals surface area contributed by atoms with E-state index in [2.05, 4.69) is 10.3 Å². The predicted molar refractivity (Wildman–Crippen MR) is 104 cm³/mol. The molecule has 0 aliphatic carbocycles. The van der Waals surface area contributed by atoms with Gasteiger partial charge in [0.1, 0.15) is 12.4 Å². The molecule has 0 bridgehead atoms. The maximum atomic E-state index is 13.7. The monoisotopic (exact) mass is 376 g/mol. The molecule has 0 spiro atoms. The summed E-state index contributed by atoms with van der Waals surface area (Å²) in [7, 11) is 0. The molecule has 4 rings (SSSR count). The van der Waals surface area contributed by atoms with Crippen LogP contribution in [0.3, 0.4) is 0 Å². The first kappa shape index (κ1) is 17.7. The van der Waals surface area contributed by atoms with Crippen LogP contribution in [0.4, 0.5) is 4.39 Å². The first-order valence-electron chi connectivity index (χ1n) is 8.77. The van der Waals surface area contributed by atoms with Crippen LogP contribution in [0.15, 0.2) is 77.7 Å². The van der Waals surface area contributed by atoms with Gasteiger partial charge in [-0.15, -0.1) is 0 Å². The maximum Gasteiger partial charge on any atom is 0.335 e. The summed E-state index contributed by atoms with van der Waals surface area (Å²) in [5.74, 6) is -0.772. The Hall–Kier alpha value is -3.74. The SMILES string of the molecule is O=C(Cn1c(=O)n(-c2ccccc2)c2ncccc21)NCc1ccccc1F. The average Bonchev–Trinajstić information content (AvgIpc) is 3.00. The van der Waals surface area contributed by atoms with E-state index < -0.39 is 0 Å². The molecule has 0 aliphatic heterocycles. The number of imidazole rings is 1. The standard InChI is InChI=1S/C21H17FN4O2/c22-17-10-5-4-7-15(17)13-24-19(27)14-25-18-11-6-12-23-20(18)26(21(25)28)16-8-2-1-3-9-16/h1-12H,13-14H2,(H,24,27). The van der Waals surface area contributed by atoms with Gasteiger partial charge in [0.05, 0.1) is 11.2 Å². The molecular weight excluding hydrogens is 359 g/mol. The molecule has 0 unspecified atom stereocenters. The Bertz CT molecular complexity index is 1200. The lowest BCUT2D eigenvalue weighted by Gasteiger charge is -2.07. The summed E-state index contributed by atoms with van der Waals surface area (Å²) in [6.45, 7) is -0.134. The first-order chi connectivity index (χ1) is 13.6. The van der Waals surface area contributed by atoms with Gasteiger partial charge in [-0.05, 0) is 30.3 Å². The zero-order valence-electron chi connectivity index (χ0n) is 14.9. The summed E-state index contributed by atoms with van der Waals surface area (Å²) < 4.78 is 16.6. The number of aromatic nitrogens is 3. The minimum atomic E-state index is -0.388. The van der Waals surface area contributed by atoms with Gasteiger partial charge in [-0.1, -0.05) is 36.4 Å². The van der Waals surface area contributed by atoms with Gasteiger partial charge in [0.25, 0.3) is 0 Å². The van der Waals surface area contributed by atoms with Gasteiger partial charge < -0.3 is 5.32 Å². The number of hydrogen-bond donors (Lipinski definition) is 1. The van der Waals surface area contributed by atoms with E-state index in [1.54, 1.807) is 48.7 Å². The average molecular weight is 376 g/mol. The van der Waals surface area contributed by atoms with Crippen molar-refractivity contribution in [1.29, 1.82) is 0 Å². The zero-order valence-corrected chi connectivity index (χ0v) is 14.9. The summed E-state index contributed by atoms with van der Waals surface area (Å²) in [5.41, 5.74) is 1.72. The van der Waals surface area contributed by atoms with E-state index in [9.17, 15) is 14.0 Å². The second kappa shape index (κ2) is 7.48. The summed E-state index contributed by atoms with van der Waals surface area (Å²) in [4.78, 5) is 29.7. The number of carbonyl (C=O) groups excluding carboxylic acids is 1. The molecule has 2 aromatic heterocycles. The summed E-state index contributed by atoms with van der Waals surface area (Å²) >= 11 is 0. The molecule has 0 aliphatic rings. The number of benzene rings is 2. The highest BCUT2D eigenvalue weighted by molar-refractivity contribution is 5.80. The van der Waals surface area contributed by atoms with Gasteiger partial charge in [-0.3, -0.25) is 9.36 Å². The molecule has 7 heteroatoms. The van der Waals surface area contributed by atoms with E-state index in [1.807, 2.05) is 18.2 Å². The molecular formula is C21H17FN4O2. The molecule has 0 saturated heterocycles. The topological polar surface area (TPSA) is 68.9 Å². The van der Waals surface area contributed by atoms with E-state index in [1.165, 1.54) is 15.2 Å². The Morgan fingerprint density at radius 2 is 1.75 bits per heavy atom. The first-order valence-corrected chi connectivity index (χ1v) is 8.77. The fourth-order valence-corrected chi connectivity index (χ4v) is 3.08. The molecule has 28 heavy (non-hydrogen) atoms. The highest BCUT2D eigenvalue weighted by Crippen LogP contribution is 2.15. The van der Waals surface area contributed by atoms with Gasteiger partial charge in [-0.25, -0.2) is 18.7 Å². The maximum absolute atomic E-state index is 13.7. The number of fused-ring (bicyclic) bond motifs is 1. The van der Waals surface area contributed by atoms with Crippen LogP contribution in [0, 0.1) is 5.82 Å². The van der Waals surface area contributed by atoms with Gasteiger partial charge >= 0.3 is 5.69 Å². The predicted octanol–water partition coefficient (Wildman–Crippen LogP) is 2.64. The number of pyridine rings is 1. The molecule has 4 aromatic rings. The number of halogens is 1. The van der Waals surface area contributed by atoms with Crippen molar-refractivity contribution in [3.63, 3.8) is 0 Å². The van der Waals surface area contributed by atoms with Gasteiger partial charge in [0.2, 0.25) is 5.91 Å². The van der Waals surface area contributed by atoms with Crippen molar-refractivity contribution in [2.24, 2.45) is 0 Å². The molecule has 0 saturated carbocycles. The third-order valence-corrected chi connectivity index (χ3v) is 4.44. The minimum Gasteiger partial charge on any atom is -0.350 e. The molecule has 1 amide bonds. The lowest BCUT2D eigenvalue weighted by atomic mass is 10.2. The van der Waals surface area contributed by atoms with E-state index >= 15 is 0 Å². The van der Waals surface area contributed by atoms with Crippen molar-refractivity contribution in [3.05, 3.63) is 94.8 Å². The van der Waals surface area contributed by atoms with Crippen LogP contribution in [0.2, 0.25) is 0 Å².